The van der Waals surface area contributed by atoms with E-state index in [0.29, 0.717) is 34.4 Å². The molecule has 3 aromatic heterocycles. The molecule has 10 heteroatoms. The lowest BCUT2D eigenvalue weighted by atomic mass is 10.1. The minimum absolute atomic E-state index is 0.0470. The molecule has 3 heterocycles. The second-order valence-corrected chi connectivity index (χ2v) is 7.62. The van der Waals surface area contributed by atoms with Crippen LogP contribution in [-0.2, 0) is 16.6 Å². The number of nitrogens with one attached hydrogen (secondary N) is 1. The first-order chi connectivity index (χ1) is 12.4. The van der Waals surface area contributed by atoms with Gasteiger partial charge < -0.3 is 0 Å². The van der Waals surface area contributed by atoms with E-state index >= 15 is 0 Å². The minimum Gasteiger partial charge on any atom is -0.292 e. The molecule has 0 aliphatic rings. The Bertz CT molecular complexity index is 1130. The zero-order chi connectivity index (χ0) is 18.9. The lowest BCUT2D eigenvalue weighted by molar-refractivity contribution is 0.602. The van der Waals surface area contributed by atoms with Gasteiger partial charge in [-0.15, -0.1) is 0 Å². The molecule has 0 saturated carbocycles. The van der Waals surface area contributed by atoms with Gasteiger partial charge in [0, 0.05) is 29.9 Å². The fourth-order valence-corrected chi connectivity index (χ4v) is 3.10. The van der Waals surface area contributed by atoms with Gasteiger partial charge in [0.2, 0.25) is 16.0 Å². The summed E-state index contributed by atoms with van der Waals surface area (Å²) in [5, 5.41) is 0.657. The van der Waals surface area contributed by atoms with Crippen LogP contribution >= 0.6 is 0 Å². The first-order valence-corrected chi connectivity index (χ1v) is 9.69. The summed E-state index contributed by atoms with van der Waals surface area (Å²) < 4.78 is 27.4. The molecule has 0 atom stereocenters. The van der Waals surface area contributed by atoms with E-state index in [4.69, 9.17) is 0 Å². The molecule has 0 aromatic carbocycles. The topological polar surface area (TPSA) is 120 Å². The Morgan fingerprint density at radius 1 is 1.15 bits per heavy atom. The Morgan fingerprint density at radius 2 is 1.85 bits per heavy atom. The predicted octanol–water partition coefficient (Wildman–Crippen LogP) is 1.34. The maximum Gasteiger partial charge on any atom is 0.260 e. The number of rotatable bonds is 5. The number of anilines is 1. The van der Waals surface area contributed by atoms with Crippen molar-refractivity contribution in [2.45, 2.75) is 27.3 Å². The van der Waals surface area contributed by atoms with E-state index in [-0.39, 0.29) is 17.3 Å². The van der Waals surface area contributed by atoms with Crippen LogP contribution in [0.5, 0.6) is 0 Å². The van der Waals surface area contributed by atoms with Crippen molar-refractivity contribution in [3.8, 4) is 11.1 Å². The second kappa shape index (κ2) is 6.79. The van der Waals surface area contributed by atoms with Gasteiger partial charge in [-0.1, -0.05) is 0 Å². The van der Waals surface area contributed by atoms with Gasteiger partial charge in [-0.3, -0.25) is 14.1 Å². The normalized spacial score (nSPS) is 11.7. The molecular weight excluding hydrogens is 356 g/mol. The average molecular weight is 374 g/mol. The number of hydrogen-bond donors (Lipinski definition) is 1. The molecule has 0 amide bonds. The summed E-state index contributed by atoms with van der Waals surface area (Å²) in [5.74, 6) is -0.143. The van der Waals surface area contributed by atoms with E-state index in [0.717, 1.165) is 0 Å². The Hall–Kier alpha value is -2.88. The molecule has 0 aliphatic carbocycles. The van der Waals surface area contributed by atoms with Gasteiger partial charge in [0.25, 0.3) is 5.56 Å². The van der Waals surface area contributed by atoms with Gasteiger partial charge in [0.1, 0.15) is 12.0 Å². The number of aromatic nitrogens is 5. The Labute approximate surface area is 150 Å². The van der Waals surface area contributed by atoms with Crippen LogP contribution in [-0.4, -0.2) is 38.7 Å². The van der Waals surface area contributed by atoms with Crippen LogP contribution in [0.1, 0.15) is 19.5 Å². The quantitative estimate of drug-likeness (QED) is 0.715. The molecule has 0 radical (unpaired) electrons. The van der Waals surface area contributed by atoms with Crippen molar-refractivity contribution >= 4 is 27.0 Å². The highest BCUT2D eigenvalue weighted by Gasteiger charge is 2.17. The SMILES string of the molecule is CCn1c(=O)c(-c2cncnc2)cc2c(C)nc(NS(=O)(=O)CC)nc21. The highest BCUT2D eigenvalue weighted by atomic mass is 32.2. The summed E-state index contributed by atoms with van der Waals surface area (Å²) in [6, 6.07) is 1.69. The summed E-state index contributed by atoms with van der Waals surface area (Å²) in [7, 11) is -3.52. The van der Waals surface area contributed by atoms with Gasteiger partial charge in [-0.05, 0) is 26.8 Å². The molecule has 136 valence electrons. The smallest absolute Gasteiger partial charge is 0.260 e. The van der Waals surface area contributed by atoms with Crippen molar-refractivity contribution in [2.24, 2.45) is 0 Å². The van der Waals surface area contributed by atoms with E-state index in [2.05, 4.69) is 24.7 Å². The lowest BCUT2D eigenvalue weighted by Gasteiger charge is -2.13. The first kappa shape index (κ1) is 17.9. The van der Waals surface area contributed by atoms with Crippen LogP contribution < -0.4 is 10.3 Å². The molecule has 3 aromatic rings. The van der Waals surface area contributed by atoms with E-state index < -0.39 is 10.0 Å². The number of pyridine rings is 1. The van der Waals surface area contributed by atoms with E-state index in [1.54, 1.807) is 25.4 Å². The molecule has 0 bridgehead atoms. The van der Waals surface area contributed by atoms with Crippen LogP contribution in [0, 0.1) is 6.92 Å². The van der Waals surface area contributed by atoms with Crippen LogP contribution in [0.15, 0.2) is 29.6 Å². The standard InChI is InChI=1S/C16H18N6O3S/c1-4-22-14-12(6-13(15(22)23)11-7-17-9-18-8-11)10(3)19-16(20-14)21-26(24,25)5-2/h6-9H,4-5H2,1-3H3,(H,19,20,21). The van der Waals surface area contributed by atoms with Crippen molar-refractivity contribution in [1.82, 2.24) is 24.5 Å². The number of sulfonamides is 1. The van der Waals surface area contributed by atoms with Gasteiger partial charge in [-0.25, -0.2) is 23.4 Å². The molecule has 0 unspecified atom stereocenters. The molecular formula is C16H18N6O3S. The second-order valence-electron chi connectivity index (χ2n) is 5.61. The van der Waals surface area contributed by atoms with Crippen molar-refractivity contribution in [2.75, 3.05) is 10.5 Å². The highest BCUT2D eigenvalue weighted by molar-refractivity contribution is 7.92. The fourth-order valence-electron chi connectivity index (χ4n) is 2.58. The predicted molar refractivity (Wildman–Crippen MR) is 98.3 cm³/mol. The Kier molecular flexibility index (Phi) is 4.68. The number of nitrogens with zero attached hydrogens (tertiary/aromatic N) is 5. The molecule has 9 nitrogen and oxygen atoms in total. The van der Waals surface area contributed by atoms with Crippen LogP contribution in [0.4, 0.5) is 5.95 Å². The van der Waals surface area contributed by atoms with Gasteiger partial charge in [-0.2, -0.15) is 4.98 Å². The van der Waals surface area contributed by atoms with Crippen molar-refractivity contribution in [1.29, 1.82) is 0 Å². The first-order valence-electron chi connectivity index (χ1n) is 8.04. The molecule has 26 heavy (non-hydrogen) atoms. The number of hydrogen-bond acceptors (Lipinski definition) is 7. The summed E-state index contributed by atoms with van der Waals surface area (Å²) in [4.78, 5) is 29.3. The van der Waals surface area contributed by atoms with Crippen LogP contribution in [0.3, 0.4) is 0 Å². The maximum absolute atomic E-state index is 12.9. The Balaban J connectivity index is 2.29. The minimum atomic E-state index is -3.52. The molecule has 0 spiro atoms. The summed E-state index contributed by atoms with van der Waals surface area (Å²) in [6.45, 7) is 5.45. The molecule has 0 fully saturated rings. The number of aryl methyl sites for hydroxylation is 2. The van der Waals surface area contributed by atoms with Crippen molar-refractivity contribution in [3.05, 3.63) is 40.8 Å². The monoisotopic (exact) mass is 374 g/mol. The van der Waals surface area contributed by atoms with Crippen molar-refractivity contribution < 1.29 is 8.42 Å². The molecule has 1 N–H and O–H groups in total. The van der Waals surface area contributed by atoms with Gasteiger partial charge in [0.15, 0.2) is 0 Å². The van der Waals surface area contributed by atoms with Gasteiger partial charge >= 0.3 is 0 Å². The fraction of sp³-hybridized carbons (Fsp3) is 0.312. The van der Waals surface area contributed by atoms with Crippen molar-refractivity contribution in [3.63, 3.8) is 0 Å². The third-order valence-electron chi connectivity index (χ3n) is 3.95. The molecule has 0 aliphatic heterocycles. The zero-order valence-corrected chi connectivity index (χ0v) is 15.4. The largest absolute Gasteiger partial charge is 0.292 e. The average Bonchev–Trinajstić information content (AvgIpc) is 2.62. The summed E-state index contributed by atoms with van der Waals surface area (Å²) in [6.07, 6.45) is 4.52. The molecule has 0 saturated heterocycles. The van der Waals surface area contributed by atoms with Crippen LogP contribution in [0.2, 0.25) is 0 Å². The lowest BCUT2D eigenvalue weighted by Crippen LogP contribution is -2.24. The van der Waals surface area contributed by atoms with E-state index in [9.17, 15) is 13.2 Å². The van der Waals surface area contributed by atoms with Crippen LogP contribution in [0.25, 0.3) is 22.2 Å². The zero-order valence-electron chi connectivity index (χ0n) is 14.6. The third kappa shape index (κ3) is 3.27. The summed E-state index contributed by atoms with van der Waals surface area (Å²) >= 11 is 0. The van der Waals surface area contributed by atoms with E-state index in [1.807, 2.05) is 6.92 Å². The summed E-state index contributed by atoms with van der Waals surface area (Å²) in [5.41, 5.74) is 1.71. The highest BCUT2D eigenvalue weighted by Crippen LogP contribution is 2.22. The van der Waals surface area contributed by atoms with Gasteiger partial charge in [0.05, 0.1) is 17.0 Å². The van der Waals surface area contributed by atoms with E-state index in [1.165, 1.54) is 17.8 Å². The molecule has 3 rings (SSSR count). The number of fused-ring (bicyclic) bond motifs is 1. The maximum atomic E-state index is 12.9. The Morgan fingerprint density at radius 3 is 2.46 bits per heavy atom. The third-order valence-corrected chi connectivity index (χ3v) is 5.20.